The van der Waals surface area contributed by atoms with Gasteiger partial charge < -0.3 is 14.8 Å². The summed E-state index contributed by atoms with van der Waals surface area (Å²) in [6, 6.07) is 12.4. The molecule has 2 aromatic carbocycles. The minimum atomic E-state index is -3.96. The van der Waals surface area contributed by atoms with Gasteiger partial charge in [-0.3, -0.25) is 4.79 Å². The summed E-state index contributed by atoms with van der Waals surface area (Å²) in [4.78, 5) is 12.6. The van der Waals surface area contributed by atoms with Crippen LogP contribution in [0.4, 0.5) is 0 Å². The van der Waals surface area contributed by atoms with Gasteiger partial charge in [0, 0.05) is 12.1 Å². The number of ether oxygens (including phenoxy) is 2. The molecule has 0 heterocycles. The van der Waals surface area contributed by atoms with Crippen molar-refractivity contribution in [2.45, 2.75) is 37.2 Å². The lowest BCUT2D eigenvalue weighted by Crippen LogP contribution is -2.49. The number of hydrogen-bond donors (Lipinski definition) is 2. The molecule has 7 nitrogen and oxygen atoms in total. The van der Waals surface area contributed by atoms with Crippen LogP contribution in [0.1, 0.15) is 19.4 Å². The molecule has 2 aromatic rings. The van der Waals surface area contributed by atoms with Crippen molar-refractivity contribution in [3.8, 4) is 11.5 Å². The molecule has 0 saturated carbocycles. The molecule has 28 heavy (non-hydrogen) atoms. The molecule has 1 amide bonds. The van der Waals surface area contributed by atoms with E-state index < -0.39 is 16.1 Å². The number of carbonyl (C=O) groups is 1. The maximum Gasteiger partial charge on any atom is 0.241 e. The average Bonchev–Trinajstić information content (AvgIpc) is 2.67. The highest BCUT2D eigenvalue weighted by Crippen LogP contribution is 2.29. The van der Waals surface area contributed by atoms with Crippen LogP contribution in [0.2, 0.25) is 0 Å². The zero-order valence-corrected chi connectivity index (χ0v) is 17.2. The summed E-state index contributed by atoms with van der Waals surface area (Å²) in [6.07, 6.45) is 0.228. The van der Waals surface area contributed by atoms with Crippen molar-refractivity contribution in [2.75, 3.05) is 14.2 Å². The molecule has 1 atom stereocenters. The molecule has 0 saturated heterocycles. The topological polar surface area (TPSA) is 93.7 Å². The molecule has 152 valence electrons. The Morgan fingerprint density at radius 2 is 1.64 bits per heavy atom. The molecule has 0 radical (unpaired) electrons. The molecule has 2 N–H and O–H groups in total. The minimum absolute atomic E-state index is 0.0134. The maximum atomic E-state index is 12.9. The molecular formula is C20H26N2O5S. The first kappa shape index (κ1) is 21.7. The summed E-state index contributed by atoms with van der Waals surface area (Å²) in [7, 11) is -1.07. The fourth-order valence-electron chi connectivity index (χ4n) is 2.66. The van der Waals surface area contributed by atoms with Gasteiger partial charge in [0.15, 0.2) is 11.5 Å². The second-order valence-corrected chi connectivity index (χ2v) is 8.26. The number of rotatable bonds is 9. The van der Waals surface area contributed by atoms with E-state index in [1.807, 2.05) is 44.2 Å². The number of amides is 1. The molecular weight excluding hydrogens is 380 g/mol. The van der Waals surface area contributed by atoms with Crippen LogP contribution >= 0.6 is 0 Å². The van der Waals surface area contributed by atoms with Gasteiger partial charge in [0.25, 0.3) is 0 Å². The van der Waals surface area contributed by atoms with E-state index in [-0.39, 0.29) is 29.0 Å². The number of methoxy groups -OCH3 is 2. The average molecular weight is 407 g/mol. The Balaban J connectivity index is 2.31. The molecule has 0 aliphatic rings. The SMILES string of the molecule is COc1ccc(S(=O)(=O)NC(Cc2ccccc2)C(=O)NC(C)C)cc1OC. The number of sulfonamides is 1. The van der Waals surface area contributed by atoms with E-state index >= 15 is 0 Å². The largest absolute Gasteiger partial charge is 0.493 e. The Kier molecular flexibility index (Phi) is 7.42. The van der Waals surface area contributed by atoms with Gasteiger partial charge in [-0.05, 0) is 38.0 Å². The van der Waals surface area contributed by atoms with E-state index in [0.29, 0.717) is 5.75 Å². The van der Waals surface area contributed by atoms with Gasteiger partial charge in [0.05, 0.1) is 19.1 Å². The summed E-state index contributed by atoms with van der Waals surface area (Å²) < 4.78 is 38.6. The van der Waals surface area contributed by atoms with E-state index in [4.69, 9.17) is 9.47 Å². The van der Waals surface area contributed by atoms with Gasteiger partial charge in [-0.25, -0.2) is 8.42 Å². The van der Waals surface area contributed by atoms with Crippen molar-refractivity contribution in [1.29, 1.82) is 0 Å². The number of carbonyl (C=O) groups excluding carboxylic acids is 1. The molecule has 0 aromatic heterocycles. The van der Waals surface area contributed by atoms with Gasteiger partial charge in [-0.1, -0.05) is 30.3 Å². The highest BCUT2D eigenvalue weighted by atomic mass is 32.2. The predicted molar refractivity (Wildman–Crippen MR) is 107 cm³/mol. The van der Waals surface area contributed by atoms with Gasteiger partial charge in [-0.15, -0.1) is 0 Å². The smallest absolute Gasteiger partial charge is 0.241 e. The van der Waals surface area contributed by atoms with E-state index in [0.717, 1.165) is 5.56 Å². The maximum absolute atomic E-state index is 12.9. The van der Waals surface area contributed by atoms with Crippen LogP contribution in [0.3, 0.4) is 0 Å². The highest BCUT2D eigenvalue weighted by molar-refractivity contribution is 7.89. The third kappa shape index (κ3) is 5.71. The lowest BCUT2D eigenvalue weighted by Gasteiger charge is -2.20. The molecule has 0 aliphatic carbocycles. The van der Waals surface area contributed by atoms with Crippen LogP contribution in [0.25, 0.3) is 0 Å². The van der Waals surface area contributed by atoms with Crippen molar-refractivity contribution >= 4 is 15.9 Å². The van der Waals surface area contributed by atoms with E-state index in [1.165, 1.54) is 32.4 Å². The van der Waals surface area contributed by atoms with E-state index in [1.54, 1.807) is 0 Å². The summed E-state index contributed by atoms with van der Waals surface area (Å²) in [5.41, 5.74) is 0.849. The van der Waals surface area contributed by atoms with Crippen LogP contribution in [-0.4, -0.2) is 40.6 Å². The zero-order chi connectivity index (χ0) is 20.7. The molecule has 0 fully saturated rings. The molecule has 8 heteroatoms. The van der Waals surface area contributed by atoms with Gasteiger partial charge in [-0.2, -0.15) is 4.72 Å². The lowest BCUT2D eigenvalue weighted by molar-refractivity contribution is -0.123. The van der Waals surface area contributed by atoms with Crippen LogP contribution in [-0.2, 0) is 21.2 Å². The van der Waals surface area contributed by atoms with Crippen LogP contribution in [0.15, 0.2) is 53.4 Å². The fraction of sp³-hybridized carbons (Fsp3) is 0.350. The first-order chi connectivity index (χ1) is 13.3. The quantitative estimate of drug-likeness (QED) is 0.665. The Morgan fingerprint density at radius 3 is 2.21 bits per heavy atom. The molecule has 1 unspecified atom stereocenters. The fourth-order valence-corrected chi connectivity index (χ4v) is 3.87. The molecule has 0 spiro atoms. The summed E-state index contributed by atoms with van der Waals surface area (Å²) >= 11 is 0. The van der Waals surface area contributed by atoms with Gasteiger partial charge in [0.1, 0.15) is 6.04 Å². The zero-order valence-electron chi connectivity index (χ0n) is 16.4. The Hall–Kier alpha value is -2.58. The second-order valence-electron chi connectivity index (χ2n) is 6.54. The Labute approximate surface area is 166 Å². The number of benzene rings is 2. The van der Waals surface area contributed by atoms with Gasteiger partial charge >= 0.3 is 0 Å². The lowest BCUT2D eigenvalue weighted by atomic mass is 10.1. The Morgan fingerprint density at radius 1 is 1.00 bits per heavy atom. The first-order valence-electron chi connectivity index (χ1n) is 8.85. The van der Waals surface area contributed by atoms with Crippen LogP contribution in [0, 0.1) is 0 Å². The molecule has 2 rings (SSSR count). The van der Waals surface area contributed by atoms with Crippen LogP contribution < -0.4 is 19.5 Å². The summed E-state index contributed by atoms with van der Waals surface area (Å²) in [6.45, 7) is 3.64. The van der Waals surface area contributed by atoms with E-state index in [2.05, 4.69) is 10.0 Å². The number of nitrogens with one attached hydrogen (secondary N) is 2. The predicted octanol–water partition coefficient (Wildman–Crippen LogP) is 2.12. The van der Waals surface area contributed by atoms with Crippen molar-refractivity contribution < 1.29 is 22.7 Å². The van der Waals surface area contributed by atoms with Crippen molar-refractivity contribution in [3.63, 3.8) is 0 Å². The van der Waals surface area contributed by atoms with Gasteiger partial charge in [0.2, 0.25) is 15.9 Å². The Bertz CT molecular complexity index is 898. The van der Waals surface area contributed by atoms with Crippen molar-refractivity contribution in [1.82, 2.24) is 10.0 Å². The highest BCUT2D eigenvalue weighted by Gasteiger charge is 2.27. The molecule has 0 aliphatic heterocycles. The van der Waals surface area contributed by atoms with Crippen LogP contribution in [0.5, 0.6) is 11.5 Å². The monoisotopic (exact) mass is 406 g/mol. The standard InChI is InChI=1S/C20H26N2O5S/c1-14(2)21-20(23)17(12-15-8-6-5-7-9-15)22-28(24,25)16-10-11-18(26-3)19(13-16)27-4/h5-11,13-14,17,22H,12H2,1-4H3,(H,21,23). The van der Waals surface area contributed by atoms with E-state index in [9.17, 15) is 13.2 Å². The minimum Gasteiger partial charge on any atom is -0.493 e. The summed E-state index contributed by atoms with van der Waals surface area (Å²) in [5.74, 6) is 0.319. The normalized spacial score (nSPS) is 12.5. The van der Waals surface area contributed by atoms with Crippen molar-refractivity contribution in [3.05, 3.63) is 54.1 Å². The first-order valence-corrected chi connectivity index (χ1v) is 10.3. The number of hydrogen-bond acceptors (Lipinski definition) is 5. The second kappa shape index (κ2) is 9.57. The third-order valence-electron chi connectivity index (χ3n) is 3.99. The van der Waals surface area contributed by atoms with Crippen molar-refractivity contribution in [2.24, 2.45) is 0 Å². The molecule has 0 bridgehead atoms. The third-order valence-corrected chi connectivity index (χ3v) is 5.46. The summed E-state index contributed by atoms with van der Waals surface area (Å²) in [5, 5.41) is 2.77.